The number of methoxy groups -OCH3 is 1. The van der Waals surface area contributed by atoms with E-state index in [2.05, 4.69) is 20.2 Å². The maximum Gasteiger partial charge on any atom is 0.387 e. The van der Waals surface area contributed by atoms with E-state index in [0.717, 1.165) is 5.69 Å². The Hall–Kier alpha value is -2.55. The van der Waals surface area contributed by atoms with Gasteiger partial charge in [0, 0.05) is 11.1 Å². The van der Waals surface area contributed by atoms with Crippen molar-refractivity contribution < 1.29 is 23.0 Å². The third kappa shape index (κ3) is 5.27. The minimum Gasteiger partial charge on any atom is -0.493 e. The summed E-state index contributed by atoms with van der Waals surface area (Å²) in [5, 5.41) is 6.38. The normalized spacial score (nSPS) is 11.0. The van der Waals surface area contributed by atoms with Crippen LogP contribution in [0.1, 0.15) is 16.3 Å². The lowest BCUT2D eigenvalue weighted by Gasteiger charge is -2.09. The van der Waals surface area contributed by atoms with Crippen LogP contribution in [0.4, 0.5) is 8.78 Å². The van der Waals surface area contributed by atoms with E-state index in [4.69, 9.17) is 4.74 Å². The number of ether oxygens (including phenoxy) is 2. The van der Waals surface area contributed by atoms with Crippen LogP contribution in [0.25, 0.3) is 0 Å². The van der Waals surface area contributed by atoms with Gasteiger partial charge >= 0.3 is 6.61 Å². The van der Waals surface area contributed by atoms with Crippen molar-refractivity contribution in [2.75, 3.05) is 7.11 Å². The van der Waals surface area contributed by atoms with Gasteiger partial charge in [-0.05, 0) is 30.7 Å². The number of nitrogens with zero attached hydrogens (tertiary/aromatic N) is 2. The van der Waals surface area contributed by atoms with Gasteiger partial charge < -0.3 is 9.47 Å². The van der Waals surface area contributed by atoms with E-state index < -0.39 is 6.61 Å². The SMILES string of the molecule is COc1cc(/C=N\NC(=O)Cc2nc(C)cs2)ccc1OC(F)F. The van der Waals surface area contributed by atoms with Gasteiger partial charge in [-0.25, -0.2) is 10.4 Å². The molecule has 0 saturated carbocycles. The van der Waals surface area contributed by atoms with Gasteiger partial charge in [-0.3, -0.25) is 4.79 Å². The molecule has 1 heterocycles. The van der Waals surface area contributed by atoms with E-state index in [1.54, 1.807) is 0 Å². The van der Waals surface area contributed by atoms with Crippen molar-refractivity contribution in [2.45, 2.75) is 20.0 Å². The number of aryl methyl sites for hydroxylation is 1. The molecule has 2 aromatic rings. The van der Waals surface area contributed by atoms with Crippen molar-refractivity contribution in [2.24, 2.45) is 5.10 Å². The first-order chi connectivity index (χ1) is 11.5. The molecule has 1 aromatic carbocycles. The molecule has 0 aliphatic rings. The molecule has 1 N–H and O–H groups in total. The molecule has 0 radical (unpaired) electrons. The minimum absolute atomic E-state index is 0.0761. The standard InChI is InChI=1S/C15H15F2N3O3S/c1-9-8-24-14(19-9)6-13(21)20-18-7-10-3-4-11(23-15(16)17)12(5-10)22-2/h3-5,7-8,15H,6H2,1-2H3,(H,20,21)/b18-7-. The third-order valence-electron chi connectivity index (χ3n) is 2.78. The van der Waals surface area contributed by atoms with Crippen LogP contribution in [-0.2, 0) is 11.2 Å². The summed E-state index contributed by atoms with van der Waals surface area (Å²) in [6.45, 7) is -1.09. The number of halogens is 2. The molecule has 1 aromatic heterocycles. The van der Waals surface area contributed by atoms with Crippen molar-refractivity contribution in [1.82, 2.24) is 10.4 Å². The molecule has 0 fully saturated rings. The predicted octanol–water partition coefficient (Wildman–Crippen LogP) is 2.75. The second-order valence-corrected chi connectivity index (χ2v) is 5.58. The number of alkyl halides is 2. The lowest BCUT2D eigenvalue weighted by atomic mass is 10.2. The highest BCUT2D eigenvalue weighted by molar-refractivity contribution is 7.09. The van der Waals surface area contributed by atoms with Crippen LogP contribution in [0, 0.1) is 6.92 Å². The summed E-state index contributed by atoms with van der Waals surface area (Å²) in [6, 6.07) is 4.32. The quantitative estimate of drug-likeness (QED) is 0.612. The highest BCUT2D eigenvalue weighted by Crippen LogP contribution is 2.28. The zero-order chi connectivity index (χ0) is 17.5. The molecule has 0 spiro atoms. The maximum atomic E-state index is 12.3. The Morgan fingerprint density at radius 2 is 2.25 bits per heavy atom. The van der Waals surface area contributed by atoms with Gasteiger partial charge in [0.1, 0.15) is 5.01 Å². The highest BCUT2D eigenvalue weighted by atomic mass is 32.1. The molecular weight excluding hydrogens is 340 g/mol. The van der Waals surface area contributed by atoms with E-state index in [9.17, 15) is 13.6 Å². The average Bonchev–Trinajstić information content (AvgIpc) is 2.93. The van der Waals surface area contributed by atoms with Gasteiger partial charge in [-0.2, -0.15) is 13.9 Å². The van der Waals surface area contributed by atoms with Crippen molar-refractivity contribution in [3.8, 4) is 11.5 Å². The third-order valence-corrected chi connectivity index (χ3v) is 3.75. The number of carbonyl (C=O) groups is 1. The fourth-order valence-corrected chi connectivity index (χ4v) is 2.57. The number of aromatic nitrogens is 1. The predicted molar refractivity (Wildman–Crippen MR) is 85.9 cm³/mol. The fraction of sp³-hybridized carbons (Fsp3) is 0.267. The van der Waals surface area contributed by atoms with Gasteiger partial charge in [0.2, 0.25) is 5.91 Å². The molecule has 6 nitrogen and oxygen atoms in total. The Bertz CT molecular complexity index is 735. The summed E-state index contributed by atoms with van der Waals surface area (Å²) >= 11 is 1.40. The topological polar surface area (TPSA) is 72.8 Å². The molecule has 0 unspecified atom stereocenters. The van der Waals surface area contributed by atoms with Crippen LogP contribution >= 0.6 is 11.3 Å². The molecule has 1 amide bonds. The van der Waals surface area contributed by atoms with Gasteiger partial charge in [-0.1, -0.05) is 0 Å². The van der Waals surface area contributed by atoms with Gasteiger partial charge in [0.25, 0.3) is 0 Å². The Morgan fingerprint density at radius 1 is 1.46 bits per heavy atom. The molecule has 9 heteroatoms. The summed E-state index contributed by atoms with van der Waals surface area (Å²) in [5.41, 5.74) is 3.80. The zero-order valence-corrected chi connectivity index (χ0v) is 13.8. The summed E-state index contributed by atoms with van der Waals surface area (Å²) in [5.74, 6) is -0.234. The van der Waals surface area contributed by atoms with Crippen LogP contribution in [0.5, 0.6) is 11.5 Å². The summed E-state index contributed by atoms with van der Waals surface area (Å²) < 4.78 is 33.8. The number of hydrogen-bond donors (Lipinski definition) is 1. The molecule has 0 bridgehead atoms. The molecule has 0 saturated heterocycles. The Balaban J connectivity index is 1.94. The number of rotatable bonds is 7. The first-order valence-electron chi connectivity index (χ1n) is 6.83. The number of amides is 1. The Kier molecular flexibility index (Phi) is 6.19. The van der Waals surface area contributed by atoms with Crippen molar-refractivity contribution in [3.63, 3.8) is 0 Å². The van der Waals surface area contributed by atoms with Crippen LogP contribution in [0.15, 0.2) is 28.7 Å². The summed E-state index contributed by atoms with van der Waals surface area (Å²) in [6.07, 6.45) is 1.51. The monoisotopic (exact) mass is 355 g/mol. The van der Waals surface area contributed by atoms with Gasteiger partial charge in [0.05, 0.1) is 19.7 Å². The van der Waals surface area contributed by atoms with Crippen LogP contribution in [-0.4, -0.2) is 30.8 Å². The van der Waals surface area contributed by atoms with Crippen molar-refractivity contribution in [1.29, 1.82) is 0 Å². The van der Waals surface area contributed by atoms with E-state index in [0.29, 0.717) is 10.6 Å². The molecule has 0 atom stereocenters. The zero-order valence-electron chi connectivity index (χ0n) is 13.0. The molecular formula is C15H15F2N3O3S. The lowest BCUT2D eigenvalue weighted by Crippen LogP contribution is -2.19. The molecule has 2 rings (SSSR count). The number of nitrogens with one attached hydrogen (secondary N) is 1. The first-order valence-corrected chi connectivity index (χ1v) is 7.71. The largest absolute Gasteiger partial charge is 0.493 e. The highest BCUT2D eigenvalue weighted by Gasteiger charge is 2.10. The summed E-state index contributed by atoms with van der Waals surface area (Å²) in [7, 11) is 1.34. The van der Waals surface area contributed by atoms with Crippen molar-refractivity contribution >= 4 is 23.5 Å². The minimum atomic E-state index is -2.94. The number of hydrogen-bond acceptors (Lipinski definition) is 6. The molecule has 0 aliphatic carbocycles. The Labute approximate surface area is 141 Å². The maximum absolute atomic E-state index is 12.3. The smallest absolute Gasteiger partial charge is 0.387 e. The van der Waals surface area contributed by atoms with E-state index in [1.165, 1.54) is 42.9 Å². The fourth-order valence-electron chi connectivity index (χ4n) is 1.80. The van der Waals surface area contributed by atoms with Gasteiger partial charge in [0.15, 0.2) is 11.5 Å². The Morgan fingerprint density at radius 3 is 2.88 bits per heavy atom. The van der Waals surface area contributed by atoms with E-state index in [1.807, 2.05) is 12.3 Å². The second-order valence-electron chi connectivity index (χ2n) is 4.64. The van der Waals surface area contributed by atoms with Crippen molar-refractivity contribution in [3.05, 3.63) is 39.8 Å². The molecule has 24 heavy (non-hydrogen) atoms. The van der Waals surface area contributed by atoms with Crippen LogP contribution in [0.3, 0.4) is 0 Å². The molecule has 128 valence electrons. The number of hydrazone groups is 1. The first kappa shape index (κ1) is 17.8. The van der Waals surface area contributed by atoms with E-state index >= 15 is 0 Å². The van der Waals surface area contributed by atoms with Crippen LogP contribution < -0.4 is 14.9 Å². The van der Waals surface area contributed by atoms with Crippen LogP contribution in [0.2, 0.25) is 0 Å². The number of thiazole rings is 1. The lowest BCUT2D eigenvalue weighted by molar-refractivity contribution is -0.120. The number of benzene rings is 1. The molecule has 0 aliphatic heterocycles. The summed E-state index contributed by atoms with van der Waals surface area (Å²) in [4.78, 5) is 15.9. The second kappa shape index (κ2) is 8.34. The van der Waals surface area contributed by atoms with E-state index in [-0.39, 0.29) is 23.8 Å². The number of carbonyl (C=O) groups excluding carboxylic acids is 1. The van der Waals surface area contributed by atoms with Gasteiger partial charge in [-0.15, -0.1) is 11.3 Å². The average molecular weight is 355 g/mol.